The van der Waals surface area contributed by atoms with E-state index in [4.69, 9.17) is 4.74 Å². The van der Waals surface area contributed by atoms with E-state index in [9.17, 15) is 10.1 Å². The number of thiazole rings is 1. The molecule has 1 aliphatic heterocycles. The number of morpholine rings is 1. The van der Waals surface area contributed by atoms with Gasteiger partial charge in [-0.25, -0.2) is 0 Å². The zero-order valence-electron chi connectivity index (χ0n) is 9.75. The predicted molar refractivity (Wildman–Crippen MR) is 66.1 cm³/mol. The van der Waals surface area contributed by atoms with E-state index in [1.807, 2.05) is 14.1 Å². The molecule has 94 valence electrons. The van der Waals surface area contributed by atoms with Gasteiger partial charge in [-0.15, -0.1) is 0 Å². The average Bonchev–Trinajstić information content (AvgIpc) is 2.75. The predicted octanol–water partition coefficient (Wildman–Crippen LogP) is 0.954. The molecule has 17 heavy (non-hydrogen) atoms. The molecule has 8 heteroatoms. The highest BCUT2D eigenvalue weighted by molar-refractivity contribution is 7.19. The lowest BCUT2D eigenvalue weighted by Crippen LogP contribution is -2.36. The van der Waals surface area contributed by atoms with Crippen molar-refractivity contribution in [3.63, 3.8) is 0 Å². The minimum atomic E-state index is -0.443. The van der Waals surface area contributed by atoms with E-state index in [1.54, 1.807) is 4.90 Å². The molecule has 1 aliphatic rings. The van der Waals surface area contributed by atoms with Crippen molar-refractivity contribution in [3.05, 3.63) is 10.1 Å². The molecule has 0 N–H and O–H groups in total. The van der Waals surface area contributed by atoms with Gasteiger partial charge in [-0.2, -0.15) is 0 Å². The van der Waals surface area contributed by atoms with Gasteiger partial charge in [0.2, 0.25) is 0 Å². The number of ether oxygens (including phenoxy) is 1. The fraction of sp³-hybridized carbons (Fsp3) is 0.667. The van der Waals surface area contributed by atoms with Crippen molar-refractivity contribution in [1.82, 2.24) is 4.98 Å². The zero-order valence-corrected chi connectivity index (χ0v) is 10.6. The summed E-state index contributed by atoms with van der Waals surface area (Å²) in [6.45, 7) is 2.80. The van der Waals surface area contributed by atoms with Crippen molar-refractivity contribution < 1.29 is 9.66 Å². The maximum absolute atomic E-state index is 10.8. The number of anilines is 2. The lowest BCUT2D eigenvalue weighted by Gasteiger charge is -2.27. The van der Waals surface area contributed by atoms with Crippen LogP contribution in [-0.4, -0.2) is 50.3 Å². The van der Waals surface area contributed by atoms with E-state index < -0.39 is 4.92 Å². The van der Waals surface area contributed by atoms with Crippen molar-refractivity contribution in [2.75, 3.05) is 50.2 Å². The molecule has 1 aromatic rings. The molecule has 0 aromatic carbocycles. The molecule has 1 aromatic heterocycles. The zero-order chi connectivity index (χ0) is 12.4. The van der Waals surface area contributed by atoms with Crippen LogP contribution in [-0.2, 0) is 4.74 Å². The van der Waals surface area contributed by atoms with Crippen LogP contribution in [0.3, 0.4) is 0 Å². The summed E-state index contributed by atoms with van der Waals surface area (Å²) in [5.74, 6) is 0.656. The monoisotopic (exact) mass is 258 g/mol. The third kappa shape index (κ3) is 2.47. The van der Waals surface area contributed by atoms with E-state index >= 15 is 0 Å². The van der Waals surface area contributed by atoms with Gasteiger partial charge < -0.3 is 24.7 Å². The average molecular weight is 258 g/mol. The van der Waals surface area contributed by atoms with Crippen molar-refractivity contribution in [2.45, 2.75) is 0 Å². The van der Waals surface area contributed by atoms with Crippen molar-refractivity contribution >= 4 is 27.3 Å². The maximum atomic E-state index is 10.8. The van der Waals surface area contributed by atoms with Gasteiger partial charge in [0.15, 0.2) is 5.00 Å². The Morgan fingerprint density at radius 1 is 1.47 bits per heavy atom. The van der Waals surface area contributed by atoms with Crippen LogP contribution in [0.1, 0.15) is 0 Å². The fourth-order valence-electron chi connectivity index (χ4n) is 1.64. The lowest BCUT2D eigenvalue weighted by atomic mass is 10.4. The Balaban J connectivity index is 2.32. The Morgan fingerprint density at radius 2 is 2.12 bits per heavy atom. The molecule has 7 nitrogen and oxygen atoms in total. The second-order valence-corrected chi connectivity index (χ2v) is 4.83. The molecule has 0 saturated carbocycles. The van der Waals surface area contributed by atoms with Crippen LogP contribution in [0.4, 0.5) is 16.0 Å². The van der Waals surface area contributed by atoms with Gasteiger partial charge in [0, 0.05) is 27.2 Å². The lowest BCUT2D eigenvalue weighted by molar-refractivity contribution is -0.384. The Bertz CT molecular complexity index is 414. The number of aromatic nitrogens is 1. The standard InChI is InChI=1S/C9H14N4O3S/c1-11(2)7-8(12-3-5-16-6-4-12)17-9(10-7)13(14)15/h3-6H2,1-2H3. The van der Waals surface area contributed by atoms with Crippen molar-refractivity contribution in [2.24, 2.45) is 0 Å². The summed E-state index contributed by atoms with van der Waals surface area (Å²) in [4.78, 5) is 18.3. The number of nitrogens with zero attached hydrogens (tertiary/aromatic N) is 4. The largest absolute Gasteiger partial charge is 0.427 e. The number of nitro groups is 1. The molecule has 0 aliphatic carbocycles. The normalized spacial score (nSPS) is 16.0. The highest BCUT2D eigenvalue weighted by Crippen LogP contribution is 2.38. The number of hydrogen-bond acceptors (Lipinski definition) is 7. The SMILES string of the molecule is CN(C)c1nc([N+](=O)[O-])sc1N1CCOCC1. The summed E-state index contributed by atoms with van der Waals surface area (Å²) in [5.41, 5.74) is 0. The first-order chi connectivity index (χ1) is 8.09. The molecule has 0 radical (unpaired) electrons. The molecule has 0 spiro atoms. The second kappa shape index (κ2) is 4.84. The van der Waals surface area contributed by atoms with Crippen LogP contribution in [0.5, 0.6) is 0 Å². The molecule has 0 amide bonds. The Hall–Kier alpha value is -1.41. The summed E-state index contributed by atoms with van der Waals surface area (Å²) in [7, 11) is 3.67. The third-order valence-electron chi connectivity index (χ3n) is 2.46. The van der Waals surface area contributed by atoms with E-state index in [1.165, 1.54) is 0 Å². The van der Waals surface area contributed by atoms with Gasteiger partial charge in [0.1, 0.15) is 0 Å². The van der Waals surface area contributed by atoms with Crippen molar-refractivity contribution in [1.29, 1.82) is 0 Å². The van der Waals surface area contributed by atoms with Crippen molar-refractivity contribution in [3.8, 4) is 0 Å². The van der Waals surface area contributed by atoms with E-state index in [-0.39, 0.29) is 5.13 Å². The van der Waals surface area contributed by atoms with Crippen LogP contribution in [0.2, 0.25) is 0 Å². The summed E-state index contributed by atoms with van der Waals surface area (Å²) in [6.07, 6.45) is 0. The molecule has 2 rings (SSSR count). The van der Waals surface area contributed by atoms with E-state index in [0.29, 0.717) is 19.0 Å². The molecule has 0 bridgehead atoms. The second-order valence-electron chi connectivity index (χ2n) is 3.88. The molecule has 0 unspecified atom stereocenters. The van der Waals surface area contributed by atoms with E-state index in [2.05, 4.69) is 9.88 Å². The van der Waals surface area contributed by atoms with Gasteiger partial charge in [-0.1, -0.05) is 0 Å². The Kier molecular flexibility index (Phi) is 3.43. The van der Waals surface area contributed by atoms with Gasteiger partial charge in [0.05, 0.1) is 13.2 Å². The highest BCUT2D eigenvalue weighted by Gasteiger charge is 2.27. The summed E-state index contributed by atoms with van der Waals surface area (Å²) in [5, 5.41) is 11.6. The highest BCUT2D eigenvalue weighted by atomic mass is 32.1. The molecule has 1 fully saturated rings. The Morgan fingerprint density at radius 3 is 2.65 bits per heavy atom. The quantitative estimate of drug-likeness (QED) is 0.594. The summed E-state index contributed by atoms with van der Waals surface area (Å²) < 4.78 is 5.27. The van der Waals surface area contributed by atoms with Gasteiger partial charge in [0.25, 0.3) is 5.82 Å². The van der Waals surface area contributed by atoms with Crippen LogP contribution in [0.25, 0.3) is 0 Å². The molecular formula is C9H14N4O3S. The maximum Gasteiger partial charge on any atom is 0.427 e. The van der Waals surface area contributed by atoms with Gasteiger partial charge in [-0.3, -0.25) is 0 Å². The smallest absolute Gasteiger partial charge is 0.378 e. The van der Waals surface area contributed by atoms with Gasteiger partial charge >= 0.3 is 5.13 Å². The van der Waals surface area contributed by atoms with Gasteiger partial charge in [-0.05, 0) is 21.2 Å². The first-order valence-corrected chi connectivity index (χ1v) is 6.06. The number of rotatable bonds is 3. The van der Waals surface area contributed by atoms with Crippen LogP contribution < -0.4 is 9.80 Å². The Labute approximate surface area is 103 Å². The molecule has 1 saturated heterocycles. The summed E-state index contributed by atoms with van der Waals surface area (Å²) >= 11 is 1.12. The minimum absolute atomic E-state index is 0.0600. The first-order valence-electron chi connectivity index (χ1n) is 5.25. The topological polar surface area (TPSA) is 71.7 Å². The van der Waals surface area contributed by atoms with Crippen LogP contribution >= 0.6 is 11.3 Å². The fourth-order valence-corrected chi connectivity index (χ4v) is 2.65. The molecular weight excluding hydrogens is 244 g/mol. The molecule has 0 atom stereocenters. The van der Waals surface area contributed by atoms with Crippen LogP contribution in [0.15, 0.2) is 0 Å². The van der Waals surface area contributed by atoms with E-state index in [0.717, 1.165) is 29.4 Å². The number of hydrogen-bond donors (Lipinski definition) is 0. The first kappa shape index (κ1) is 12.1. The summed E-state index contributed by atoms with van der Waals surface area (Å²) in [6, 6.07) is 0. The molecule has 2 heterocycles. The minimum Gasteiger partial charge on any atom is -0.378 e. The third-order valence-corrected chi connectivity index (χ3v) is 3.52. The van der Waals surface area contributed by atoms with Crippen LogP contribution in [0, 0.1) is 10.1 Å².